The van der Waals surface area contributed by atoms with Gasteiger partial charge < -0.3 is 10.1 Å². The quantitative estimate of drug-likeness (QED) is 0.845. The third-order valence-electron chi connectivity index (χ3n) is 4.03. The Kier molecular flexibility index (Phi) is 3.78. The number of carbonyl (C=O) groups is 2. The van der Waals surface area contributed by atoms with Gasteiger partial charge in [-0.15, -0.1) is 11.3 Å². The van der Waals surface area contributed by atoms with Crippen LogP contribution in [-0.2, 0) is 9.53 Å². The van der Waals surface area contributed by atoms with Crippen molar-refractivity contribution >= 4 is 28.2 Å². The van der Waals surface area contributed by atoms with E-state index in [9.17, 15) is 9.59 Å². The third kappa shape index (κ3) is 2.59. The zero-order valence-electron chi connectivity index (χ0n) is 11.6. The van der Waals surface area contributed by atoms with E-state index in [0.717, 1.165) is 37.7 Å². The Morgan fingerprint density at radius 3 is 2.65 bits per heavy atom. The van der Waals surface area contributed by atoms with E-state index in [1.165, 1.54) is 11.3 Å². The molecule has 108 valence electrons. The lowest BCUT2D eigenvalue weighted by atomic mass is 9.85. The summed E-state index contributed by atoms with van der Waals surface area (Å²) < 4.78 is 5.14. The Morgan fingerprint density at radius 2 is 2.10 bits per heavy atom. The van der Waals surface area contributed by atoms with Gasteiger partial charge in [-0.1, -0.05) is 6.42 Å². The largest absolute Gasteiger partial charge is 0.462 e. The Labute approximate surface area is 122 Å². The van der Waals surface area contributed by atoms with Gasteiger partial charge >= 0.3 is 5.97 Å². The number of anilines is 1. The molecule has 1 N–H and O–H groups in total. The minimum atomic E-state index is -0.306. The molecule has 4 nitrogen and oxygen atoms in total. The summed E-state index contributed by atoms with van der Waals surface area (Å²) in [7, 11) is 0. The molecular weight excluding hydrogens is 274 g/mol. The first-order valence-electron chi connectivity index (χ1n) is 7.30. The highest BCUT2D eigenvalue weighted by atomic mass is 32.1. The zero-order chi connectivity index (χ0) is 14.1. The summed E-state index contributed by atoms with van der Waals surface area (Å²) in [4.78, 5) is 24.2. The molecule has 2 fully saturated rings. The van der Waals surface area contributed by atoms with E-state index in [1.54, 1.807) is 6.92 Å². The van der Waals surface area contributed by atoms with Crippen molar-refractivity contribution in [3.63, 3.8) is 0 Å². The molecule has 20 heavy (non-hydrogen) atoms. The lowest BCUT2D eigenvalue weighted by Gasteiger charge is -2.23. The predicted molar refractivity (Wildman–Crippen MR) is 78.2 cm³/mol. The third-order valence-corrected chi connectivity index (χ3v) is 4.94. The SMILES string of the molecule is CCOC(=O)c1c(C2CC2)csc1NC(=O)C1CCC1. The van der Waals surface area contributed by atoms with Gasteiger partial charge in [0.2, 0.25) is 5.91 Å². The van der Waals surface area contributed by atoms with Crippen molar-refractivity contribution in [1.29, 1.82) is 0 Å². The fourth-order valence-corrected chi connectivity index (χ4v) is 3.49. The van der Waals surface area contributed by atoms with Gasteiger partial charge in [0.15, 0.2) is 0 Å². The summed E-state index contributed by atoms with van der Waals surface area (Å²) in [5, 5.41) is 5.60. The normalized spacial score (nSPS) is 18.4. The Hall–Kier alpha value is -1.36. The Morgan fingerprint density at radius 1 is 1.35 bits per heavy atom. The van der Waals surface area contributed by atoms with Gasteiger partial charge in [-0.3, -0.25) is 4.79 Å². The lowest BCUT2D eigenvalue weighted by Crippen LogP contribution is -2.28. The maximum atomic E-state index is 12.1. The number of hydrogen-bond donors (Lipinski definition) is 1. The lowest BCUT2D eigenvalue weighted by molar-refractivity contribution is -0.122. The fourth-order valence-electron chi connectivity index (χ4n) is 2.46. The minimum Gasteiger partial charge on any atom is -0.462 e. The van der Waals surface area contributed by atoms with E-state index in [-0.39, 0.29) is 17.8 Å². The molecule has 1 amide bonds. The van der Waals surface area contributed by atoms with Crippen LogP contribution in [0.15, 0.2) is 5.38 Å². The van der Waals surface area contributed by atoms with Gasteiger partial charge in [0.25, 0.3) is 0 Å². The molecule has 0 unspecified atom stereocenters. The van der Waals surface area contributed by atoms with Gasteiger partial charge in [0, 0.05) is 5.92 Å². The second-order valence-electron chi connectivity index (χ2n) is 5.51. The van der Waals surface area contributed by atoms with E-state index in [1.807, 2.05) is 5.38 Å². The number of carbonyl (C=O) groups excluding carboxylic acids is 2. The van der Waals surface area contributed by atoms with Crippen molar-refractivity contribution in [1.82, 2.24) is 0 Å². The van der Waals surface area contributed by atoms with Crippen LogP contribution >= 0.6 is 11.3 Å². The molecule has 0 spiro atoms. The van der Waals surface area contributed by atoms with Crippen molar-refractivity contribution in [3.05, 3.63) is 16.5 Å². The molecule has 3 rings (SSSR count). The van der Waals surface area contributed by atoms with Crippen LogP contribution in [0.2, 0.25) is 0 Å². The number of esters is 1. The highest BCUT2D eigenvalue weighted by Crippen LogP contribution is 2.46. The fraction of sp³-hybridized carbons (Fsp3) is 0.600. The van der Waals surface area contributed by atoms with E-state index >= 15 is 0 Å². The van der Waals surface area contributed by atoms with E-state index in [4.69, 9.17) is 4.74 Å². The first kappa shape index (κ1) is 13.6. The molecule has 0 radical (unpaired) electrons. The van der Waals surface area contributed by atoms with Crippen LogP contribution in [0.4, 0.5) is 5.00 Å². The molecule has 0 bridgehead atoms. The summed E-state index contributed by atoms with van der Waals surface area (Å²) in [5.41, 5.74) is 1.64. The number of amides is 1. The first-order chi connectivity index (χ1) is 9.70. The van der Waals surface area contributed by atoms with Gasteiger partial charge in [-0.05, 0) is 49.5 Å². The topological polar surface area (TPSA) is 55.4 Å². The Bertz CT molecular complexity index is 529. The monoisotopic (exact) mass is 293 g/mol. The maximum Gasteiger partial charge on any atom is 0.341 e. The molecule has 2 saturated carbocycles. The first-order valence-corrected chi connectivity index (χ1v) is 8.18. The van der Waals surface area contributed by atoms with Crippen LogP contribution in [0.5, 0.6) is 0 Å². The molecule has 0 saturated heterocycles. The molecular formula is C15H19NO3S. The Balaban J connectivity index is 1.81. The summed E-state index contributed by atoms with van der Waals surface area (Å²) in [6, 6.07) is 0. The van der Waals surface area contributed by atoms with Crippen molar-refractivity contribution in [2.45, 2.75) is 44.9 Å². The highest BCUT2D eigenvalue weighted by molar-refractivity contribution is 7.15. The van der Waals surface area contributed by atoms with Crippen molar-refractivity contribution in [2.75, 3.05) is 11.9 Å². The average Bonchev–Trinajstić information content (AvgIpc) is 3.09. The summed E-state index contributed by atoms with van der Waals surface area (Å²) in [6.07, 6.45) is 5.29. The average molecular weight is 293 g/mol. The van der Waals surface area contributed by atoms with Crippen LogP contribution in [0.3, 0.4) is 0 Å². The van der Waals surface area contributed by atoms with Crippen molar-refractivity contribution in [2.24, 2.45) is 5.92 Å². The van der Waals surface area contributed by atoms with Gasteiger partial charge in [0.1, 0.15) is 5.00 Å². The molecule has 1 aromatic heterocycles. The van der Waals surface area contributed by atoms with Crippen LogP contribution in [0.25, 0.3) is 0 Å². The minimum absolute atomic E-state index is 0.0472. The van der Waals surface area contributed by atoms with Crippen molar-refractivity contribution < 1.29 is 14.3 Å². The van der Waals surface area contributed by atoms with Crippen LogP contribution in [0.1, 0.15) is 60.9 Å². The number of ether oxygens (including phenoxy) is 1. The molecule has 0 aliphatic heterocycles. The van der Waals surface area contributed by atoms with Gasteiger partial charge in [-0.25, -0.2) is 4.79 Å². The molecule has 2 aliphatic rings. The standard InChI is InChI=1S/C15H19NO3S/c1-2-19-15(18)12-11(9-6-7-9)8-20-14(12)16-13(17)10-4-3-5-10/h8-10H,2-7H2,1H3,(H,16,17). The van der Waals surface area contributed by atoms with Crippen LogP contribution in [0, 0.1) is 5.92 Å². The smallest absolute Gasteiger partial charge is 0.341 e. The zero-order valence-corrected chi connectivity index (χ0v) is 12.4. The van der Waals surface area contributed by atoms with E-state index in [2.05, 4.69) is 5.32 Å². The second-order valence-corrected chi connectivity index (χ2v) is 6.39. The maximum absolute atomic E-state index is 12.1. The van der Waals surface area contributed by atoms with Crippen LogP contribution < -0.4 is 5.32 Å². The van der Waals surface area contributed by atoms with Crippen LogP contribution in [-0.4, -0.2) is 18.5 Å². The van der Waals surface area contributed by atoms with Crippen molar-refractivity contribution in [3.8, 4) is 0 Å². The molecule has 5 heteroatoms. The summed E-state index contributed by atoms with van der Waals surface area (Å²) in [6.45, 7) is 2.16. The van der Waals surface area contributed by atoms with Gasteiger partial charge in [0.05, 0.1) is 12.2 Å². The predicted octanol–water partition coefficient (Wildman–Crippen LogP) is 3.54. The number of thiophene rings is 1. The molecule has 2 aliphatic carbocycles. The van der Waals surface area contributed by atoms with E-state index in [0.29, 0.717) is 23.1 Å². The molecule has 0 atom stereocenters. The molecule has 1 aromatic rings. The molecule has 0 aromatic carbocycles. The second kappa shape index (κ2) is 5.56. The number of hydrogen-bond acceptors (Lipinski definition) is 4. The molecule has 1 heterocycles. The summed E-state index contributed by atoms with van der Waals surface area (Å²) in [5.74, 6) is 0.335. The number of nitrogens with one attached hydrogen (secondary N) is 1. The van der Waals surface area contributed by atoms with Gasteiger partial charge in [-0.2, -0.15) is 0 Å². The highest BCUT2D eigenvalue weighted by Gasteiger charge is 2.33. The summed E-state index contributed by atoms with van der Waals surface area (Å²) >= 11 is 1.45. The van der Waals surface area contributed by atoms with E-state index < -0.39 is 0 Å². The number of rotatable bonds is 5.